The highest BCUT2D eigenvalue weighted by Gasteiger charge is 2.22. The summed E-state index contributed by atoms with van der Waals surface area (Å²) in [4.78, 5) is 0. The van der Waals surface area contributed by atoms with Gasteiger partial charge in [0.05, 0.1) is 0 Å². The Morgan fingerprint density at radius 2 is 1.67 bits per heavy atom. The molecule has 1 aromatic carbocycles. The van der Waals surface area contributed by atoms with Crippen molar-refractivity contribution in [3.8, 4) is 0 Å². The zero-order valence-electron chi connectivity index (χ0n) is 11.5. The minimum Gasteiger partial charge on any atom is -0.324 e. The fraction of sp³-hybridized carbons (Fsp3) is 0.625. The van der Waals surface area contributed by atoms with Crippen LogP contribution in [0.2, 0.25) is 5.02 Å². The zero-order chi connectivity index (χ0) is 13.1. The quantitative estimate of drug-likeness (QED) is 0.754. The van der Waals surface area contributed by atoms with E-state index in [1.165, 1.54) is 49.7 Å². The van der Waals surface area contributed by atoms with E-state index in [4.69, 9.17) is 17.3 Å². The van der Waals surface area contributed by atoms with E-state index in [1.54, 1.807) is 0 Å². The Kier molecular flexibility index (Phi) is 4.69. The summed E-state index contributed by atoms with van der Waals surface area (Å²) in [7, 11) is 0. The smallest absolute Gasteiger partial charge is 0.0438 e. The van der Waals surface area contributed by atoms with E-state index < -0.39 is 0 Å². The summed E-state index contributed by atoms with van der Waals surface area (Å²) in [5, 5.41) is 0.851. The predicted octanol–water partition coefficient (Wildman–Crippen LogP) is 4.93. The van der Waals surface area contributed by atoms with Crippen LogP contribution < -0.4 is 5.73 Å². The van der Waals surface area contributed by atoms with Gasteiger partial charge in [0.2, 0.25) is 0 Å². The number of hydrogen-bond donors (Lipinski definition) is 1. The van der Waals surface area contributed by atoms with Crippen molar-refractivity contribution in [3.05, 3.63) is 33.8 Å². The van der Waals surface area contributed by atoms with Gasteiger partial charge in [-0.05, 0) is 55.4 Å². The average molecular weight is 266 g/mol. The molecule has 0 spiro atoms. The summed E-state index contributed by atoms with van der Waals surface area (Å²) in [5.41, 5.74) is 10.2. The highest BCUT2D eigenvalue weighted by molar-refractivity contribution is 6.31. The van der Waals surface area contributed by atoms with Crippen LogP contribution >= 0.6 is 11.6 Å². The van der Waals surface area contributed by atoms with E-state index in [-0.39, 0.29) is 6.04 Å². The van der Waals surface area contributed by atoms with Crippen molar-refractivity contribution in [2.75, 3.05) is 0 Å². The molecule has 0 bridgehead atoms. The van der Waals surface area contributed by atoms with Gasteiger partial charge in [0, 0.05) is 11.1 Å². The molecule has 0 saturated heterocycles. The molecule has 1 aliphatic carbocycles. The molecular weight excluding hydrogens is 242 g/mol. The van der Waals surface area contributed by atoms with Crippen LogP contribution in [-0.4, -0.2) is 0 Å². The molecule has 0 heterocycles. The van der Waals surface area contributed by atoms with Crippen LogP contribution in [0.25, 0.3) is 0 Å². The molecule has 1 nitrogen and oxygen atoms in total. The lowest BCUT2D eigenvalue weighted by molar-refractivity contribution is 0.381. The van der Waals surface area contributed by atoms with Crippen molar-refractivity contribution in [3.63, 3.8) is 0 Å². The maximum absolute atomic E-state index is 6.52. The SMILES string of the molecule is Cc1cc(C(N)C2CCCCCC2)c(C)cc1Cl. The zero-order valence-corrected chi connectivity index (χ0v) is 12.3. The van der Waals surface area contributed by atoms with Crippen LogP contribution in [0.15, 0.2) is 12.1 Å². The second-order valence-corrected chi connectivity index (χ2v) is 6.14. The number of rotatable bonds is 2. The highest BCUT2D eigenvalue weighted by Crippen LogP contribution is 2.34. The van der Waals surface area contributed by atoms with Crippen LogP contribution in [0.5, 0.6) is 0 Å². The molecule has 0 amide bonds. The number of aryl methyl sites for hydroxylation is 2. The van der Waals surface area contributed by atoms with E-state index in [0.29, 0.717) is 5.92 Å². The Bertz CT molecular complexity index is 406. The van der Waals surface area contributed by atoms with Crippen LogP contribution in [0.3, 0.4) is 0 Å². The first-order chi connectivity index (χ1) is 8.59. The molecule has 0 aliphatic heterocycles. The molecule has 1 fully saturated rings. The predicted molar refractivity (Wildman–Crippen MR) is 79.0 cm³/mol. The molecule has 0 radical (unpaired) electrons. The molecule has 1 saturated carbocycles. The number of halogens is 1. The van der Waals surface area contributed by atoms with Crippen molar-refractivity contribution in [2.24, 2.45) is 11.7 Å². The van der Waals surface area contributed by atoms with E-state index in [9.17, 15) is 0 Å². The number of nitrogens with two attached hydrogens (primary N) is 1. The van der Waals surface area contributed by atoms with Crippen LogP contribution in [0.1, 0.15) is 61.3 Å². The monoisotopic (exact) mass is 265 g/mol. The largest absolute Gasteiger partial charge is 0.324 e. The lowest BCUT2D eigenvalue weighted by Crippen LogP contribution is -2.22. The maximum Gasteiger partial charge on any atom is 0.0438 e. The van der Waals surface area contributed by atoms with Crippen LogP contribution in [0, 0.1) is 19.8 Å². The molecular formula is C16H24ClN. The molecule has 1 unspecified atom stereocenters. The highest BCUT2D eigenvalue weighted by atomic mass is 35.5. The van der Waals surface area contributed by atoms with Gasteiger partial charge >= 0.3 is 0 Å². The molecule has 1 atom stereocenters. The second-order valence-electron chi connectivity index (χ2n) is 5.74. The summed E-state index contributed by atoms with van der Waals surface area (Å²) >= 11 is 6.16. The van der Waals surface area contributed by atoms with Gasteiger partial charge in [0.1, 0.15) is 0 Å². The van der Waals surface area contributed by atoms with Gasteiger partial charge in [-0.15, -0.1) is 0 Å². The maximum atomic E-state index is 6.52. The summed E-state index contributed by atoms with van der Waals surface area (Å²) in [5.74, 6) is 0.645. The Hall–Kier alpha value is -0.530. The van der Waals surface area contributed by atoms with Crippen molar-refractivity contribution in [1.82, 2.24) is 0 Å². The molecule has 2 N–H and O–H groups in total. The Morgan fingerprint density at radius 1 is 1.06 bits per heavy atom. The van der Waals surface area contributed by atoms with Gasteiger partial charge in [-0.1, -0.05) is 43.4 Å². The van der Waals surface area contributed by atoms with E-state index >= 15 is 0 Å². The van der Waals surface area contributed by atoms with Gasteiger partial charge in [-0.25, -0.2) is 0 Å². The van der Waals surface area contributed by atoms with E-state index in [2.05, 4.69) is 26.0 Å². The van der Waals surface area contributed by atoms with Gasteiger partial charge in [-0.2, -0.15) is 0 Å². The van der Waals surface area contributed by atoms with E-state index in [1.807, 2.05) is 0 Å². The van der Waals surface area contributed by atoms with Gasteiger partial charge in [0.25, 0.3) is 0 Å². The standard InChI is InChI=1S/C16H24ClN/c1-11-10-15(17)12(2)9-14(11)16(18)13-7-5-3-4-6-8-13/h9-10,13,16H,3-8,18H2,1-2H3. The first kappa shape index (κ1) is 13.9. The molecule has 2 heteroatoms. The number of hydrogen-bond acceptors (Lipinski definition) is 1. The Morgan fingerprint density at radius 3 is 2.28 bits per heavy atom. The third-order valence-electron chi connectivity index (χ3n) is 4.31. The molecule has 1 aromatic rings. The average Bonchev–Trinajstić information content (AvgIpc) is 2.61. The Labute approximate surface area is 116 Å². The fourth-order valence-corrected chi connectivity index (χ4v) is 3.30. The fourth-order valence-electron chi connectivity index (χ4n) is 3.09. The molecule has 1 aliphatic rings. The Balaban J connectivity index is 2.21. The molecule has 0 aromatic heterocycles. The number of benzene rings is 1. The summed E-state index contributed by atoms with van der Waals surface area (Å²) in [6, 6.07) is 4.43. The van der Waals surface area contributed by atoms with Crippen molar-refractivity contribution in [2.45, 2.75) is 58.4 Å². The van der Waals surface area contributed by atoms with Crippen molar-refractivity contribution < 1.29 is 0 Å². The molecule has 100 valence electrons. The van der Waals surface area contributed by atoms with Crippen LogP contribution in [0.4, 0.5) is 0 Å². The normalized spacial score (nSPS) is 19.6. The topological polar surface area (TPSA) is 26.0 Å². The summed E-state index contributed by atoms with van der Waals surface area (Å²) in [6.45, 7) is 4.18. The lowest BCUT2D eigenvalue weighted by Gasteiger charge is -2.25. The van der Waals surface area contributed by atoms with Gasteiger partial charge in [-0.3, -0.25) is 0 Å². The third-order valence-corrected chi connectivity index (χ3v) is 4.72. The van der Waals surface area contributed by atoms with E-state index in [0.717, 1.165) is 10.6 Å². The summed E-state index contributed by atoms with van der Waals surface area (Å²) in [6.07, 6.45) is 7.99. The first-order valence-corrected chi connectivity index (χ1v) is 7.49. The van der Waals surface area contributed by atoms with Gasteiger partial charge < -0.3 is 5.73 Å². The van der Waals surface area contributed by atoms with Crippen LogP contribution in [-0.2, 0) is 0 Å². The molecule has 2 rings (SSSR count). The third kappa shape index (κ3) is 3.07. The second kappa shape index (κ2) is 6.08. The lowest BCUT2D eigenvalue weighted by atomic mass is 9.85. The first-order valence-electron chi connectivity index (χ1n) is 7.12. The molecule has 18 heavy (non-hydrogen) atoms. The van der Waals surface area contributed by atoms with Crippen molar-refractivity contribution in [1.29, 1.82) is 0 Å². The summed E-state index contributed by atoms with van der Waals surface area (Å²) < 4.78 is 0. The van der Waals surface area contributed by atoms with Gasteiger partial charge in [0.15, 0.2) is 0 Å². The van der Waals surface area contributed by atoms with Crippen molar-refractivity contribution >= 4 is 11.6 Å². The minimum atomic E-state index is 0.180. The minimum absolute atomic E-state index is 0.180.